The Morgan fingerprint density at radius 3 is 2.67 bits per heavy atom. The summed E-state index contributed by atoms with van der Waals surface area (Å²) in [5.74, 6) is -2.23. The molecule has 10 heteroatoms. The summed E-state index contributed by atoms with van der Waals surface area (Å²) in [4.78, 5) is 25.4. The molecular weight excluding hydrogens is 284 g/mol. The molecular formula is C8H10N2O6S2. The molecule has 0 saturated carbocycles. The van der Waals surface area contributed by atoms with E-state index in [0.717, 1.165) is 12.6 Å². The van der Waals surface area contributed by atoms with Crippen molar-refractivity contribution in [2.45, 2.75) is 17.2 Å². The molecule has 1 heterocycles. The zero-order valence-electron chi connectivity index (χ0n) is 9.41. The number of nitrogens with zero attached hydrogens (tertiary/aromatic N) is 1. The number of rotatable bonds is 5. The molecule has 0 bridgehead atoms. The van der Waals surface area contributed by atoms with Gasteiger partial charge in [0.05, 0.1) is 12.6 Å². The summed E-state index contributed by atoms with van der Waals surface area (Å²) < 4.78 is 29.6. The number of carboxylic acid groups (broad SMARTS) is 1. The molecule has 8 nitrogen and oxygen atoms in total. The van der Waals surface area contributed by atoms with Crippen molar-refractivity contribution in [1.82, 2.24) is 9.71 Å². The summed E-state index contributed by atoms with van der Waals surface area (Å²) in [5.41, 5.74) is 0.791. The molecule has 2 N–H and O–H groups in total. The van der Waals surface area contributed by atoms with Gasteiger partial charge in [0.1, 0.15) is 6.04 Å². The Labute approximate surface area is 107 Å². The summed E-state index contributed by atoms with van der Waals surface area (Å²) in [6.07, 6.45) is 0. The minimum absolute atomic E-state index is 0.368. The van der Waals surface area contributed by atoms with Gasteiger partial charge in [-0.25, -0.2) is 18.2 Å². The summed E-state index contributed by atoms with van der Waals surface area (Å²) in [5, 5.41) is 8.64. The van der Waals surface area contributed by atoms with Crippen molar-refractivity contribution in [3.8, 4) is 0 Å². The first kappa shape index (κ1) is 14.5. The van der Waals surface area contributed by atoms with E-state index >= 15 is 0 Å². The standard InChI is InChI=1S/C8H10N2O6S2/c1-4(6(11)12)10-18(14,15)8-5(7(13)16-2)9-3-17-8/h3-4,10H,1-2H3,(H,11,12)/t4-/m1/s1. The minimum Gasteiger partial charge on any atom is -0.480 e. The number of ether oxygens (including phenoxy) is 1. The molecule has 0 unspecified atom stereocenters. The molecule has 0 amide bonds. The number of hydrogen-bond acceptors (Lipinski definition) is 7. The van der Waals surface area contributed by atoms with E-state index in [1.165, 1.54) is 6.92 Å². The lowest BCUT2D eigenvalue weighted by molar-refractivity contribution is -0.138. The highest BCUT2D eigenvalue weighted by molar-refractivity contribution is 7.91. The molecule has 0 aliphatic carbocycles. The zero-order chi connectivity index (χ0) is 13.9. The van der Waals surface area contributed by atoms with Crippen molar-refractivity contribution < 1.29 is 27.9 Å². The van der Waals surface area contributed by atoms with Gasteiger partial charge in [-0.3, -0.25) is 4.79 Å². The maximum absolute atomic E-state index is 11.8. The van der Waals surface area contributed by atoms with Crippen LogP contribution in [0.1, 0.15) is 17.4 Å². The Hall–Kier alpha value is -1.52. The second-order valence-corrected chi connectivity index (χ2v) is 5.93. The Kier molecular flexibility index (Phi) is 4.38. The Bertz CT molecular complexity index is 564. The molecule has 1 atom stereocenters. The van der Waals surface area contributed by atoms with Crippen LogP contribution in [0.5, 0.6) is 0 Å². The van der Waals surface area contributed by atoms with Gasteiger partial charge in [0.25, 0.3) is 10.0 Å². The van der Waals surface area contributed by atoms with E-state index < -0.39 is 28.0 Å². The van der Waals surface area contributed by atoms with Crippen LogP contribution in [0.25, 0.3) is 0 Å². The average Bonchev–Trinajstić information content (AvgIpc) is 2.76. The van der Waals surface area contributed by atoms with Crippen LogP contribution >= 0.6 is 11.3 Å². The summed E-state index contributed by atoms with van der Waals surface area (Å²) >= 11 is 0.699. The number of hydrogen-bond donors (Lipinski definition) is 2. The maximum Gasteiger partial charge on any atom is 0.358 e. The number of aromatic nitrogens is 1. The van der Waals surface area contributed by atoms with Crippen LogP contribution in [-0.4, -0.2) is 43.6 Å². The number of carbonyl (C=O) groups excluding carboxylic acids is 1. The molecule has 0 radical (unpaired) electrons. The van der Waals surface area contributed by atoms with Gasteiger partial charge < -0.3 is 9.84 Å². The fourth-order valence-corrected chi connectivity index (χ4v) is 3.34. The molecule has 0 saturated heterocycles. The van der Waals surface area contributed by atoms with Gasteiger partial charge in [0.15, 0.2) is 9.90 Å². The second-order valence-electron chi connectivity index (χ2n) is 3.16. The van der Waals surface area contributed by atoms with Gasteiger partial charge in [0, 0.05) is 0 Å². The second kappa shape index (κ2) is 5.42. The number of methoxy groups -OCH3 is 1. The average molecular weight is 294 g/mol. The first-order chi connectivity index (χ1) is 8.29. The molecule has 0 spiro atoms. The topological polar surface area (TPSA) is 123 Å². The first-order valence-electron chi connectivity index (χ1n) is 4.56. The quantitative estimate of drug-likeness (QED) is 0.713. The molecule has 1 rings (SSSR count). The van der Waals surface area contributed by atoms with E-state index in [1.807, 2.05) is 4.72 Å². The van der Waals surface area contributed by atoms with Crippen molar-refractivity contribution in [3.05, 3.63) is 11.2 Å². The van der Waals surface area contributed by atoms with Crippen LogP contribution in [0.4, 0.5) is 0 Å². The SMILES string of the molecule is COC(=O)c1ncsc1S(=O)(=O)N[C@H](C)C(=O)O. The van der Waals surface area contributed by atoms with Gasteiger partial charge in [-0.1, -0.05) is 0 Å². The normalized spacial score (nSPS) is 13.0. The number of esters is 1. The Morgan fingerprint density at radius 2 is 2.17 bits per heavy atom. The lowest BCUT2D eigenvalue weighted by Gasteiger charge is -2.09. The van der Waals surface area contributed by atoms with Crippen LogP contribution in [0.3, 0.4) is 0 Å². The van der Waals surface area contributed by atoms with Crippen LogP contribution < -0.4 is 4.72 Å². The van der Waals surface area contributed by atoms with Crippen molar-refractivity contribution in [2.75, 3.05) is 7.11 Å². The Morgan fingerprint density at radius 1 is 1.56 bits per heavy atom. The third kappa shape index (κ3) is 3.03. The van der Waals surface area contributed by atoms with E-state index in [-0.39, 0.29) is 9.90 Å². The highest BCUT2D eigenvalue weighted by atomic mass is 32.2. The number of thiazole rings is 1. The first-order valence-corrected chi connectivity index (χ1v) is 6.92. The molecule has 0 aliphatic rings. The number of carbonyl (C=O) groups is 2. The maximum atomic E-state index is 11.8. The predicted octanol–water partition coefficient (Wildman–Crippen LogP) is -0.319. The van der Waals surface area contributed by atoms with E-state index in [2.05, 4.69) is 9.72 Å². The molecule has 0 aliphatic heterocycles. The van der Waals surface area contributed by atoms with Crippen LogP contribution in [0, 0.1) is 0 Å². The highest BCUT2D eigenvalue weighted by Crippen LogP contribution is 2.20. The van der Waals surface area contributed by atoms with E-state index in [0.29, 0.717) is 11.3 Å². The van der Waals surface area contributed by atoms with Gasteiger partial charge in [0.2, 0.25) is 0 Å². The number of aliphatic carboxylic acids is 1. The monoisotopic (exact) mass is 294 g/mol. The van der Waals surface area contributed by atoms with Crippen molar-refractivity contribution >= 4 is 33.3 Å². The fraction of sp³-hybridized carbons (Fsp3) is 0.375. The van der Waals surface area contributed by atoms with Gasteiger partial charge in [-0.05, 0) is 6.92 Å². The van der Waals surface area contributed by atoms with E-state index in [9.17, 15) is 18.0 Å². The fourth-order valence-electron chi connectivity index (χ4n) is 0.995. The van der Waals surface area contributed by atoms with Gasteiger partial charge >= 0.3 is 11.9 Å². The lowest BCUT2D eigenvalue weighted by atomic mass is 10.4. The van der Waals surface area contributed by atoms with Gasteiger partial charge in [-0.15, -0.1) is 11.3 Å². The molecule has 0 fully saturated rings. The molecule has 1 aromatic heterocycles. The van der Waals surface area contributed by atoms with E-state index in [4.69, 9.17) is 5.11 Å². The Balaban J connectivity index is 3.10. The molecule has 100 valence electrons. The summed E-state index contributed by atoms with van der Waals surface area (Å²) in [6, 6.07) is -1.32. The largest absolute Gasteiger partial charge is 0.480 e. The van der Waals surface area contributed by atoms with Crippen molar-refractivity contribution in [1.29, 1.82) is 0 Å². The van der Waals surface area contributed by atoms with Gasteiger partial charge in [-0.2, -0.15) is 4.72 Å². The minimum atomic E-state index is -4.12. The molecule has 18 heavy (non-hydrogen) atoms. The van der Waals surface area contributed by atoms with Crippen LogP contribution in [-0.2, 0) is 19.6 Å². The zero-order valence-corrected chi connectivity index (χ0v) is 11.0. The number of nitrogens with one attached hydrogen (secondary N) is 1. The van der Waals surface area contributed by atoms with Crippen molar-refractivity contribution in [2.24, 2.45) is 0 Å². The lowest BCUT2D eigenvalue weighted by Crippen LogP contribution is -2.38. The van der Waals surface area contributed by atoms with Crippen LogP contribution in [0.15, 0.2) is 9.72 Å². The number of sulfonamides is 1. The third-order valence-electron chi connectivity index (χ3n) is 1.86. The van der Waals surface area contributed by atoms with Crippen molar-refractivity contribution in [3.63, 3.8) is 0 Å². The summed E-state index contributed by atoms with van der Waals surface area (Å²) in [6.45, 7) is 1.17. The van der Waals surface area contributed by atoms with Crippen LogP contribution in [0.2, 0.25) is 0 Å². The predicted molar refractivity (Wildman–Crippen MR) is 60.9 cm³/mol. The molecule has 1 aromatic rings. The smallest absolute Gasteiger partial charge is 0.358 e. The number of carboxylic acids is 1. The highest BCUT2D eigenvalue weighted by Gasteiger charge is 2.29. The molecule has 0 aromatic carbocycles. The summed E-state index contributed by atoms with van der Waals surface area (Å²) in [7, 11) is -3.03. The third-order valence-corrected chi connectivity index (χ3v) is 4.77. The van der Waals surface area contributed by atoms with E-state index in [1.54, 1.807) is 0 Å².